The fourth-order valence-electron chi connectivity index (χ4n) is 3.07. The van der Waals surface area contributed by atoms with Crippen LogP contribution in [0.3, 0.4) is 0 Å². The van der Waals surface area contributed by atoms with Crippen LogP contribution in [0.4, 0.5) is 4.39 Å². The van der Waals surface area contributed by atoms with Crippen LogP contribution in [0.5, 0.6) is 17.2 Å². The molecule has 0 unspecified atom stereocenters. The Morgan fingerprint density at radius 1 is 1.04 bits per heavy atom. The molecule has 1 amide bonds. The number of amides is 1. The minimum atomic E-state index is -0.756. The molecule has 1 N–H and O–H groups in total. The highest BCUT2D eigenvalue weighted by Gasteiger charge is 2.29. The summed E-state index contributed by atoms with van der Waals surface area (Å²) < 4.78 is 31.2. The van der Waals surface area contributed by atoms with Crippen molar-refractivity contribution in [3.63, 3.8) is 0 Å². The van der Waals surface area contributed by atoms with Gasteiger partial charge in [-0.1, -0.05) is 36.4 Å². The zero-order valence-electron chi connectivity index (χ0n) is 15.1. The summed E-state index contributed by atoms with van der Waals surface area (Å²) in [5, 5.41) is 2.82. The highest BCUT2D eigenvalue weighted by Crippen LogP contribution is 2.38. The third-order valence-corrected chi connectivity index (χ3v) is 4.48. The number of fused-ring (bicyclic) bond motifs is 1. The summed E-state index contributed by atoms with van der Waals surface area (Å²) in [7, 11) is 1.52. The monoisotopic (exact) mass is 379 g/mol. The molecule has 0 aromatic heterocycles. The highest BCUT2D eigenvalue weighted by molar-refractivity contribution is 5.98. The van der Waals surface area contributed by atoms with Gasteiger partial charge in [-0.05, 0) is 30.3 Å². The van der Waals surface area contributed by atoms with E-state index in [9.17, 15) is 9.18 Å². The van der Waals surface area contributed by atoms with Gasteiger partial charge in [0.1, 0.15) is 18.2 Å². The lowest BCUT2D eigenvalue weighted by Gasteiger charge is -2.28. The van der Waals surface area contributed by atoms with E-state index in [0.717, 1.165) is 0 Å². The predicted molar refractivity (Wildman–Crippen MR) is 101 cm³/mol. The van der Waals surface area contributed by atoms with E-state index in [4.69, 9.17) is 14.2 Å². The van der Waals surface area contributed by atoms with Gasteiger partial charge in [-0.15, -0.1) is 0 Å². The van der Waals surface area contributed by atoms with Gasteiger partial charge < -0.3 is 19.5 Å². The fourth-order valence-corrected chi connectivity index (χ4v) is 3.07. The number of para-hydroxylation sites is 2. The highest BCUT2D eigenvalue weighted by atomic mass is 19.1. The average Bonchev–Trinajstić information content (AvgIpc) is 2.73. The maximum absolute atomic E-state index is 14.0. The smallest absolute Gasteiger partial charge is 0.258 e. The topological polar surface area (TPSA) is 56.8 Å². The molecular formula is C22H18FNO4. The number of methoxy groups -OCH3 is 1. The Balaban J connectivity index is 1.66. The van der Waals surface area contributed by atoms with Crippen LogP contribution in [-0.2, 0) is 6.61 Å². The molecule has 5 nitrogen and oxygen atoms in total. The quantitative estimate of drug-likeness (QED) is 0.721. The maximum atomic E-state index is 14.0. The van der Waals surface area contributed by atoms with Crippen LogP contribution >= 0.6 is 0 Å². The number of nitrogens with one attached hydrogen (secondary N) is 1. The molecule has 1 heterocycles. The first-order valence-corrected chi connectivity index (χ1v) is 8.77. The molecule has 0 aliphatic carbocycles. The molecule has 0 radical (unpaired) electrons. The van der Waals surface area contributed by atoms with E-state index in [1.165, 1.54) is 13.2 Å². The number of benzene rings is 3. The van der Waals surface area contributed by atoms with E-state index in [2.05, 4.69) is 5.32 Å². The van der Waals surface area contributed by atoms with Crippen molar-refractivity contribution < 1.29 is 23.4 Å². The number of hydrogen-bond acceptors (Lipinski definition) is 4. The van der Waals surface area contributed by atoms with Gasteiger partial charge in [0.15, 0.2) is 11.5 Å². The van der Waals surface area contributed by atoms with Crippen molar-refractivity contribution in [2.24, 2.45) is 0 Å². The van der Waals surface area contributed by atoms with Crippen LogP contribution in [0.15, 0.2) is 66.7 Å². The first-order chi connectivity index (χ1) is 13.7. The molecule has 0 fully saturated rings. The van der Waals surface area contributed by atoms with E-state index in [-0.39, 0.29) is 18.3 Å². The number of ether oxygens (including phenoxy) is 3. The summed E-state index contributed by atoms with van der Waals surface area (Å²) in [6.07, 6.45) is -0.756. The van der Waals surface area contributed by atoms with Gasteiger partial charge in [-0.3, -0.25) is 4.79 Å². The number of carbonyl (C=O) groups is 1. The minimum absolute atomic E-state index is 0.0112. The second-order valence-electron chi connectivity index (χ2n) is 6.23. The van der Waals surface area contributed by atoms with Gasteiger partial charge in [0.2, 0.25) is 6.23 Å². The van der Waals surface area contributed by atoms with E-state index in [0.29, 0.717) is 33.9 Å². The molecule has 0 bridgehead atoms. The largest absolute Gasteiger partial charge is 0.493 e. The Morgan fingerprint density at radius 3 is 2.64 bits per heavy atom. The second kappa shape index (κ2) is 7.60. The molecule has 3 aromatic rings. The molecule has 1 atom stereocenters. The number of hydrogen-bond donors (Lipinski definition) is 1. The van der Waals surface area contributed by atoms with E-state index >= 15 is 0 Å². The number of rotatable bonds is 5. The molecule has 1 aliphatic rings. The third-order valence-electron chi connectivity index (χ3n) is 4.48. The summed E-state index contributed by atoms with van der Waals surface area (Å²) >= 11 is 0. The summed E-state index contributed by atoms with van der Waals surface area (Å²) in [5.41, 5.74) is 1.47. The van der Waals surface area contributed by atoms with Crippen molar-refractivity contribution in [3.05, 3.63) is 89.2 Å². The van der Waals surface area contributed by atoms with E-state index in [1.807, 2.05) is 0 Å². The van der Waals surface area contributed by atoms with E-state index < -0.39 is 6.23 Å². The molecule has 4 rings (SSSR count). The normalized spacial score (nSPS) is 15.2. The lowest BCUT2D eigenvalue weighted by atomic mass is 10.1. The fraction of sp³-hybridized carbons (Fsp3) is 0.136. The first-order valence-electron chi connectivity index (χ1n) is 8.77. The lowest BCUT2D eigenvalue weighted by Crippen LogP contribution is -2.37. The molecule has 142 valence electrons. The number of halogens is 1. The van der Waals surface area contributed by atoms with Crippen LogP contribution in [0.1, 0.15) is 27.7 Å². The Hall–Kier alpha value is -3.54. The van der Waals surface area contributed by atoms with Crippen LogP contribution in [-0.4, -0.2) is 13.0 Å². The van der Waals surface area contributed by atoms with Crippen molar-refractivity contribution in [1.82, 2.24) is 5.32 Å². The summed E-state index contributed by atoms with van der Waals surface area (Å²) in [5.74, 6) is 0.743. The average molecular weight is 379 g/mol. The standard InChI is InChI=1S/C22H18FNO4/c1-26-19-12-6-9-16(20(19)27-13-14-7-2-4-10-17(14)23)22-24-21(25)15-8-3-5-11-18(15)28-22/h2-12,22H,13H2,1H3,(H,24,25)/t22-/m0/s1. The van der Waals surface area contributed by atoms with Gasteiger partial charge in [0, 0.05) is 5.56 Å². The van der Waals surface area contributed by atoms with Crippen LogP contribution < -0.4 is 19.5 Å². The lowest BCUT2D eigenvalue weighted by molar-refractivity contribution is 0.0748. The Morgan fingerprint density at radius 2 is 1.82 bits per heavy atom. The maximum Gasteiger partial charge on any atom is 0.258 e. The molecular weight excluding hydrogens is 361 g/mol. The SMILES string of the molecule is COc1cccc([C@H]2NC(=O)c3ccccc3O2)c1OCc1ccccc1F. The Kier molecular flexibility index (Phi) is 4.85. The van der Waals surface area contributed by atoms with Gasteiger partial charge in [0.25, 0.3) is 5.91 Å². The van der Waals surface area contributed by atoms with Crippen molar-refractivity contribution in [2.45, 2.75) is 12.8 Å². The Bertz CT molecular complexity index is 1020. The second-order valence-corrected chi connectivity index (χ2v) is 6.23. The molecule has 0 spiro atoms. The first kappa shape index (κ1) is 17.9. The van der Waals surface area contributed by atoms with Crippen molar-refractivity contribution in [3.8, 4) is 17.2 Å². The molecule has 6 heteroatoms. The predicted octanol–water partition coefficient (Wildman–Crippen LogP) is 4.23. The van der Waals surface area contributed by atoms with Crippen LogP contribution in [0.2, 0.25) is 0 Å². The zero-order chi connectivity index (χ0) is 19.5. The summed E-state index contributed by atoms with van der Waals surface area (Å²) in [6.45, 7) is 0.0112. The van der Waals surface area contributed by atoms with Crippen LogP contribution in [0, 0.1) is 5.82 Å². The van der Waals surface area contributed by atoms with Crippen molar-refractivity contribution in [1.29, 1.82) is 0 Å². The number of carbonyl (C=O) groups excluding carboxylic acids is 1. The molecule has 28 heavy (non-hydrogen) atoms. The molecule has 3 aromatic carbocycles. The van der Waals surface area contributed by atoms with E-state index in [1.54, 1.807) is 60.7 Å². The minimum Gasteiger partial charge on any atom is -0.493 e. The van der Waals surface area contributed by atoms with Crippen molar-refractivity contribution >= 4 is 5.91 Å². The molecule has 1 aliphatic heterocycles. The zero-order valence-corrected chi connectivity index (χ0v) is 15.1. The third kappa shape index (κ3) is 3.36. The van der Waals surface area contributed by atoms with Crippen molar-refractivity contribution in [2.75, 3.05) is 7.11 Å². The van der Waals surface area contributed by atoms with Gasteiger partial charge in [-0.2, -0.15) is 0 Å². The summed E-state index contributed by atoms with van der Waals surface area (Å²) in [4.78, 5) is 12.4. The van der Waals surface area contributed by atoms with Crippen LogP contribution in [0.25, 0.3) is 0 Å². The summed E-state index contributed by atoms with van der Waals surface area (Å²) in [6, 6.07) is 18.7. The Labute approximate surface area is 161 Å². The van der Waals surface area contributed by atoms with Gasteiger partial charge in [-0.25, -0.2) is 4.39 Å². The van der Waals surface area contributed by atoms with Gasteiger partial charge in [0.05, 0.1) is 18.2 Å². The van der Waals surface area contributed by atoms with Gasteiger partial charge >= 0.3 is 0 Å². The molecule has 0 saturated heterocycles. The molecule has 0 saturated carbocycles.